The minimum atomic E-state index is 0.622. The van der Waals surface area contributed by atoms with Crippen LogP contribution < -0.4 is 16.0 Å². The summed E-state index contributed by atoms with van der Waals surface area (Å²) in [6.45, 7) is 4.00. The number of hydrogen-bond acceptors (Lipinski definition) is 4. The number of piperazine rings is 1. The molecule has 0 amide bonds. The standard InChI is InChI=1S/C13H16N4/c14-13-11-4-2-1-3-10(11)9-12(16-13)17-7-5-15-6-8-17/h1-4,9,15H,5-8H2,(H2,14,16). The molecular formula is C13H16N4. The maximum Gasteiger partial charge on any atom is 0.133 e. The fourth-order valence-corrected chi connectivity index (χ4v) is 2.27. The largest absolute Gasteiger partial charge is 0.383 e. The van der Waals surface area contributed by atoms with Crippen molar-refractivity contribution in [2.75, 3.05) is 36.8 Å². The van der Waals surface area contributed by atoms with Gasteiger partial charge in [0.1, 0.15) is 11.6 Å². The van der Waals surface area contributed by atoms with E-state index in [0.29, 0.717) is 5.82 Å². The molecule has 1 fully saturated rings. The molecule has 0 unspecified atom stereocenters. The van der Waals surface area contributed by atoms with Gasteiger partial charge in [-0.15, -0.1) is 0 Å². The van der Waals surface area contributed by atoms with Crippen LogP contribution in [0.4, 0.5) is 11.6 Å². The van der Waals surface area contributed by atoms with E-state index in [1.54, 1.807) is 0 Å². The average molecular weight is 228 g/mol. The second kappa shape index (κ2) is 4.22. The van der Waals surface area contributed by atoms with E-state index in [2.05, 4.69) is 27.3 Å². The highest BCUT2D eigenvalue weighted by molar-refractivity contribution is 5.92. The molecule has 0 atom stereocenters. The molecule has 0 aliphatic carbocycles. The van der Waals surface area contributed by atoms with Crippen molar-refractivity contribution >= 4 is 22.4 Å². The summed E-state index contributed by atoms with van der Waals surface area (Å²) >= 11 is 0. The molecule has 0 spiro atoms. The molecule has 1 aliphatic heterocycles. The molecule has 2 heterocycles. The van der Waals surface area contributed by atoms with Crippen molar-refractivity contribution in [1.82, 2.24) is 10.3 Å². The lowest BCUT2D eigenvalue weighted by Gasteiger charge is -2.28. The Bertz CT molecular complexity index is 532. The van der Waals surface area contributed by atoms with Crippen molar-refractivity contribution in [3.63, 3.8) is 0 Å². The summed E-state index contributed by atoms with van der Waals surface area (Å²) in [5.41, 5.74) is 6.01. The van der Waals surface area contributed by atoms with Gasteiger partial charge in [-0.05, 0) is 11.5 Å². The molecule has 2 aromatic rings. The third-order valence-electron chi connectivity index (χ3n) is 3.20. The van der Waals surface area contributed by atoms with Crippen molar-refractivity contribution in [2.24, 2.45) is 0 Å². The Kier molecular flexibility index (Phi) is 2.57. The summed E-state index contributed by atoms with van der Waals surface area (Å²) in [6, 6.07) is 10.2. The monoisotopic (exact) mass is 228 g/mol. The first-order valence-electron chi connectivity index (χ1n) is 5.95. The van der Waals surface area contributed by atoms with Crippen LogP contribution in [0.25, 0.3) is 10.8 Å². The molecule has 3 rings (SSSR count). The Balaban J connectivity index is 2.05. The van der Waals surface area contributed by atoms with E-state index in [9.17, 15) is 0 Å². The summed E-state index contributed by atoms with van der Waals surface area (Å²) in [4.78, 5) is 6.78. The SMILES string of the molecule is Nc1nc(N2CCNCC2)cc2ccccc12. The van der Waals surface area contributed by atoms with Gasteiger partial charge >= 0.3 is 0 Å². The van der Waals surface area contributed by atoms with Crippen LogP contribution in [0.1, 0.15) is 0 Å². The van der Waals surface area contributed by atoms with E-state index in [1.165, 1.54) is 0 Å². The quantitative estimate of drug-likeness (QED) is 0.770. The van der Waals surface area contributed by atoms with Gasteiger partial charge in [-0.1, -0.05) is 24.3 Å². The van der Waals surface area contributed by atoms with Crippen LogP contribution in [-0.4, -0.2) is 31.2 Å². The van der Waals surface area contributed by atoms with Crippen LogP contribution >= 0.6 is 0 Å². The molecule has 0 saturated carbocycles. The van der Waals surface area contributed by atoms with E-state index in [-0.39, 0.29) is 0 Å². The zero-order valence-corrected chi connectivity index (χ0v) is 9.69. The topological polar surface area (TPSA) is 54.2 Å². The first-order valence-corrected chi connectivity index (χ1v) is 5.95. The molecule has 1 aromatic carbocycles. The average Bonchev–Trinajstić information content (AvgIpc) is 2.40. The van der Waals surface area contributed by atoms with E-state index in [0.717, 1.165) is 42.8 Å². The summed E-state index contributed by atoms with van der Waals surface area (Å²) < 4.78 is 0. The maximum absolute atomic E-state index is 6.01. The molecule has 1 saturated heterocycles. The molecule has 17 heavy (non-hydrogen) atoms. The predicted molar refractivity (Wildman–Crippen MR) is 71.2 cm³/mol. The molecule has 1 aliphatic rings. The van der Waals surface area contributed by atoms with E-state index in [1.807, 2.05) is 18.2 Å². The first-order chi connectivity index (χ1) is 8.34. The number of aromatic nitrogens is 1. The second-order valence-corrected chi connectivity index (χ2v) is 4.32. The normalized spacial score (nSPS) is 16.4. The van der Waals surface area contributed by atoms with E-state index < -0.39 is 0 Å². The summed E-state index contributed by atoms with van der Waals surface area (Å²) in [6.07, 6.45) is 0. The van der Waals surface area contributed by atoms with Crippen LogP contribution in [0.15, 0.2) is 30.3 Å². The van der Waals surface area contributed by atoms with Gasteiger partial charge in [-0.3, -0.25) is 0 Å². The number of fused-ring (bicyclic) bond motifs is 1. The lowest BCUT2D eigenvalue weighted by molar-refractivity contribution is 0.585. The van der Waals surface area contributed by atoms with Crippen molar-refractivity contribution in [2.45, 2.75) is 0 Å². The Morgan fingerprint density at radius 3 is 2.76 bits per heavy atom. The molecular weight excluding hydrogens is 212 g/mol. The summed E-state index contributed by atoms with van der Waals surface area (Å²) in [5.74, 6) is 1.61. The zero-order chi connectivity index (χ0) is 11.7. The van der Waals surface area contributed by atoms with Crippen LogP contribution in [0.5, 0.6) is 0 Å². The van der Waals surface area contributed by atoms with Crippen LogP contribution in [0, 0.1) is 0 Å². The number of pyridine rings is 1. The van der Waals surface area contributed by atoms with Gasteiger partial charge in [0, 0.05) is 31.6 Å². The highest BCUT2D eigenvalue weighted by Crippen LogP contribution is 2.24. The minimum absolute atomic E-state index is 0.622. The van der Waals surface area contributed by atoms with Crippen molar-refractivity contribution in [3.05, 3.63) is 30.3 Å². The molecule has 3 N–H and O–H groups in total. The van der Waals surface area contributed by atoms with Gasteiger partial charge in [-0.2, -0.15) is 0 Å². The molecule has 0 radical (unpaired) electrons. The predicted octanol–water partition coefficient (Wildman–Crippen LogP) is 1.23. The third-order valence-corrected chi connectivity index (χ3v) is 3.20. The van der Waals surface area contributed by atoms with Crippen molar-refractivity contribution < 1.29 is 0 Å². The van der Waals surface area contributed by atoms with Gasteiger partial charge in [0.15, 0.2) is 0 Å². The summed E-state index contributed by atoms with van der Waals surface area (Å²) in [7, 11) is 0. The fraction of sp³-hybridized carbons (Fsp3) is 0.308. The van der Waals surface area contributed by atoms with E-state index in [4.69, 9.17) is 5.73 Å². The van der Waals surface area contributed by atoms with Gasteiger partial charge in [0.25, 0.3) is 0 Å². The maximum atomic E-state index is 6.01. The van der Waals surface area contributed by atoms with Crippen LogP contribution in [0.3, 0.4) is 0 Å². The van der Waals surface area contributed by atoms with Gasteiger partial charge in [0.2, 0.25) is 0 Å². The Morgan fingerprint density at radius 2 is 1.94 bits per heavy atom. The number of anilines is 2. The number of benzene rings is 1. The molecule has 1 aromatic heterocycles. The minimum Gasteiger partial charge on any atom is -0.383 e. The number of nitrogen functional groups attached to an aromatic ring is 1. The van der Waals surface area contributed by atoms with Gasteiger partial charge < -0.3 is 16.0 Å². The number of nitrogens with zero attached hydrogens (tertiary/aromatic N) is 2. The number of rotatable bonds is 1. The first kappa shape index (κ1) is 10.4. The molecule has 88 valence electrons. The van der Waals surface area contributed by atoms with Gasteiger partial charge in [-0.25, -0.2) is 4.98 Å². The lowest BCUT2D eigenvalue weighted by Crippen LogP contribution is -2.43. The highest BCUT2D eigenvalue weighted by atomic mass is 15.2. The van der Waals surface area contributed by atoms with E-state index >= 15 is 0 Å². The fourth-order valence-electron chi connectivity index (χ4n) is 2.27. The Morgan fingerprint density at radius 1 is 1.18 bits per heavy atom. The molecule has 0 bridgehead atoms. The second-order valence-electron chi connectivity index (χ2n) is 4.32. The third kappa shape index (κ3) is 1.91. The number of nitrogens with two attached hydrogens (primary N) is 1. The molecule has 4 heteroatoms. The smallest absolute Gasteiger partial charge is 0.133 e. The lowest BCUT2D eigenvalue weighted by atomic mass is 10.1. The Labute approximate surface area is 100 Å². The Hall–Kier alpha value is -1.81. The highest BCUT2D eigenvalue weighted by Gasteiger charge is 2.13. The summed E-state index contributed by atoms with van der Waals surface area (Å²) in [5, 5.41) is 5.53. The van der Waals surface area contributed by atoms with Crippen molar-refractivity contribution in [1.29, 1.82) is 0 Å². The van der Waals surface area contributed by atoms with Crippen LogP contribution in [-0.2, 0) is 0 Å². The zero-order valence-electron chi connectivity index (χ0n) is 9.69. The van der Waals surface area contributed by atoms with Crippen molar-refractivity contribution in [3.8, 4) is 0 Å². The number of hydrogen-bond donors (Lipinski definition) is 2. The van der Waals surface area contributed by atoms with Crippen LogP contribution in [0.2, 0.25) is 0 Å². The number of nitrogens with one attached hydrogen (secondary N) is 1. The van der Waals surface area contributed by atoms with Gasteiger partial charge in [0.05, 0.1) is 0 Å². The molecule has 4 nitrogen and oxygen atoms in total.